The molecule has 2 aromatic carbocycles. The molecule has 0 fully saturated rings. The molecule has 7 heteroatoms. The molecule has 7 nitrogen and oxygen atoms in total. The van der Waals surface area contributed by atoms with E-state index in [2.05, 4.69) is 0 Å². The summed E-state index contributed by atoms with van der Waals surface area (Å²) >= 11 is 0. The van der Waals surface area contributed by atoms with Crippen LogP contribution >= 0.6 is 0 Å². The van der Waals surface area contributed by atoms with Crippen LogP contribution in [-0.4, -0.2) is 32.1 Å². The van der Waals surface area contributed by atoms with Gasteiger partial charge in [-0.2, -0.15) is 0 Å². The Bertz CT molecular complexity index is 1150. The molecule has 0 saturated heterocycles. The number of aliphatic hydroxyl groups excluding tert-OH is 1. The SMILES string of the molecule is O=c1c(CCCCCCCCCCCCO)c(-c2ccc(O)c(O)c2)oc2cc(O)cc(O)c12. The van der Waals surface area contributed by atoms with Gasteiger partial charge in [-0.15, -0.1) is 0 Å². The number of aliphatic hydroxyl groups is 1. The molecule has 0 unspecified atom stereocenters. The Morgan fingerprint density at radius 3 is 1.91 bits per heavy atom. The molecule has 0 aliphatic rings. The van der Waals surface area contributed by atoms with Crippen molar-refractivity contribution in [2.45, 2.75) is 70.6 Å². The molecule has 0 atom stereocenters. The monoisotopic (exact) mass is 470 g/mol. The highest BCUT2D eigenvalue weighted by molar-refractivity contribution is 5.87. The van der Waals surface area contributed by atoms with Gasteiger partial charge in [-0.25, -0.2) is 0 Å². The molecule has 0 amide bonds. The van der Waals surface area contributed by atoms with E-state index in [4.69, 9.17) is 9.52 Å². The van der Waals surface area contributed by atoms with Crippen molar-refractivity contribution in [2.24, 2.45) is 0 Å². The van der Waals surface area contributed by atoms with Gasteiger partial charge in [-0.1, -0.05) is 51.4 Å². The maximum atomic E-state index is 13.3. The summed E-state index contributed by atoms with van der Waals surface area (Å²) in [7, 11) is 0. The van der Waals surface area contributed by atoms with E-state index in [-0.39, 0.29) is 51.8 Å². The number of rotatable bonds is 13. The Kier molecular flexibility index (Phi) is 9.22. The third-order valence-corrected chi connectivity index (χ3v) is 6.13. The number of benzene rings is 2. The van der Waals surface area contributed by atoms with Crippen molar-refractivity contribution in [3.63, 3.8) is 0 Å². The maximum absolute atomic E-state index is 13.3. The molecular weight excluding hydrogens is 436 g/mol. The lowest BCUT2D eigenvalue weighted by Crippen LogP contribution is -2.11. The Hall–Kier alpha value is -3.19. The minimum atomic E-state index is -0.371. The van der Waals surface area contributed by atoms with Crippen LogP contribution in [0.4, 0.5) is 0 Å². The number of aromatic hydroxyl groups is 4. The lowest BCUT2D eigenvalue weighted by atomic mass is 9.98. The molecule has 0 saturated carbocycles. The van der Waals surface area contributed by atoms with E-state index < -0.39 is 0 Å². The first-order valence-corrected chi connectivity index (χ1v) is 12.1. The van der Waals surface area contributed by atoms with E-state index in [1.807, 2.05) is 0 Å². The summed E-state index contributed by atoms with van der Waals surface area (Å²) in [6, 6.07) is 6.58. The molecule has 184 valence electrons. The smallest absolute Gasteiger partial charge is 0.200 e. The second kappa shape index (κ2) is 12.3. The number of hydrogen-bond acceptors (Lipinski definition) is 7. The van der Waals surface area contributed by atoms with E-state index in [0.29, 0.717) is 17.5 Å². The first-order valence-electron chi connectivity index (χ1n) is 12.1. The van der Waals surface area contributed by atoms with Gasteiger partial charge in [-0.05, 0) is 37.5 Å². The summed E-state index contributed by atoms with van der Waals surface area (Å²) in [6.07, 6.45) is 11.0. The standard InChI is InChI=1S/C27H34O7/c28-14-10-8-6-4-2-1-3-5-7-9-11-20-26(33)25-23(32)16-19(29)17-24(25)34-27(20)18-12-13-21(30)22(31)15-18/h12-13,15-17,28-32H,1-11,14H2. The Morgan fingerprint density at radius 1 is 0.676 bits per heavy atom. The molecular formula is C27H34O7. The van der Waals surface area contributed by atoms with Crippen molar-refractivity contribution in [3.8, 4) is 34.3 Å². The molecule has 1 heterocycles. The molecule has 0 bridgehead atoms. The fourth-order valence-electron chi connectivity index (χ4n) is 4.27. The van der Waals surface area contributed by atoms with E-state index in [9.17, 15) is 25.2 Å². The number of phenolic OH excluding ortho intramolecular Hbond substituents is 4. The van der Waals surface area contributed by atoms with E-state index in [0.717, 1.165) is 44.6 Å². The van der Waals surface area contributed by atoms with Gasteiger partial charge in [-0.3, -0.25) is 4.79 Å². The summed E-state index contributed by atoms with van der Waals surface area (Å²) in [4.78, 5) is 13.3. The fraction of sp³-hybridized carbons (Fsp3) is 0.444. The van der Waals surface area contributed by atoms with Gasteiger partial charge in [0.2, 0.25) is 0 Å². The van der Waals surface area contributed by atoms with Gasteiger partial charge >= 0.3 is 0 Å². The Labute approximate surface area is 198 Å². The van der Waals surface area contributed by atoms with Gasteiger partial charge in [0.15, 0.2) is 16.9 Å². The summed E-state index contributed by atoms with van der Waals surface area (Å²) in [6.45, 7) is 0.271. The number of phenols is 4. The third-order valence-electron chi connectivity index (χ3n) is 6.13. The highest BCUT2D eigenvalue weighted by Gasteiger charge is 2.20. The summed E-state index contributed by atoms with van der Waals surface area (Å²) in [5.41, 5.74) is 0.493. The second-order valence-corrected chi connectivity index (χ2v) is 8.79. The molecule has 5 N–H and O–H groups in total. The topological polar surface area (TPSA) is 131 Å². The minimum absolute atomic E-state index is 0.0146. The molecule has 3 aromatic rings. The van der Waals surface area contributed by atoms with Gasteiger partial charge < -0.3 is 29.9 Å². The summed E-state index contributed by atoms with van der Waals surface area (Å²) in [5, 5.41) is 48.5. The van der Waals surface area contributed by atoms with Crippen LogP contribution in [0, 0.1) is 0 Å². The van der Waals surface area contributed by atoms with E-state index in [1.54, 1.807) is 6.07 Å². The lowest BCUT2D eigenvalue weighted by Gasteiger charge is -2.12. The predicted octanol–water partition coefficient (Wildman–Crippen LogP) is 5.72. The number of unbranched alkanes of at least 4 members (excludes halogenated alkanes) is 9. The van der Waals surface area contributed by atoms with Crippen molar-refractivity contribution in [3.05, 3.63) is 46.1 Å². The first-order chi connectivity index (χ1) is 16.4. The van der Waals surface area contributed by atoms with Gasteiger partial charge in [0.25, 0.3) is 0 Å². The molecule has 0 aliphatic heterocycles. The highest BCUT2D eigenvalue weighted by atomic mass is 16.3. The molecule has 0 radical (unpaired) electrons. The zero-order valence-electron chi connectivity index (χ0n) is 19.4. The lowest BCUT2D eigenvalue weighted by molar-refractivity contribution is 0.282. The zero-order valence-corrected chi connectivity index (χ0v) is 19.4. The largest absolute Gasteiger partial charge is 0.508 e. The second-order valence-electron chi connectivity index (χ2n) is 8.79. The molecule has 1 aromatic heterocycles. The Balaban J connectivity index is 1.71. The van der Waals surface area contributed by atoms with Crippen LogP contribution in [0.15, 0.2) is 39.5 Å². The molecule has 0 spiro atoms. The normalized spacial score (nSPS) is 11.3. The fourth-order valence-corrected chi connectivity index (χ4v) is 4.27. The third kappa shape index (κ3) is 6.44. The van der Waals surface area contributed by atoms with Crippen molar-refractivity contribution in [1.29, 1.82) is 0 Å². The van der Waals surface area contributed by atoms with Crippen molar-refractivity contribution in [1.82, 2.24) is 0 Å². The van der Waals surface area contributed by atoms with Crippen molar-refractivity contribution >= 4 is 11.0 Å². The van der Waals surface area contributed by atoms with Crippen LogP contribution in [0.5, 0.6) is 23.0 Å². The zero-order chi connectivity index (χ0) is 24.5. The first kappa shape index (κ1) is 25.4. The summed E-state index contributed by atoms with van der Waals surface area (Å²) < 4.78 is 5.94. The minimum Gasteiger partial charge on any atom is -0.508 e. The van der Waals surface area contributed by atoms with Crippen LogP contribution in [0.2, 0.25) is 0 Å². The van der Waals surface area contributed by atoms with E-state index >= 15 is 0 Å². The van der Waals surface area contributed by atoms with Crippen molar-refractivity contribution in [2.75, 3.05) is 6.61 Å². The highest BCUT2D eigenvalue weighted by Crippen LogP contribution is 2.36. The average Bonchev–Trinajstić information content (AvgIpc) is 2.79. The average molecular weight is 471 g/mol. The number of fused-ring (bicyclic) bond motifs is 1. The molecule has 34 heavy (non-hydrogen) atoms. The van der Waals surface area contributed by atoms with Crippen LogP contribution in [0.1, 0.15) is 69.8 Å². The molecule has 0 aliphatic carbocycles. The predicted molar refractivity (Wildman–Crippen MR) is 132 cm³/mol. The van der Waals surface area contributed by atoms with Crippen LogP contribution in [0.3, 0.4) is 0 Å². The van der Waals surface area contributed by atoms with Crippen molar-refractivity contribution < 1.29 is 29.9 Å². The quantitative estimate of drug-likeness (QED) is 0.159. The van der Waals surface area contributed by atoms with Crippen LogP contribution in [-0.2, 0) is 6.42 Å². The summed E-state index contributed by atoms with van der Waals surface area (Å²) in [5.74, 6) is -0.933. The number of hydrogen-bond donors (Lipinski definition) is 5. The van der Waals surface area contributed by atoms with Crippen LogP contribution in [0.25, 0.3) is 22.3 Å². The van der Waals surface area contributed by atoms with Gasteiger partial charge in [0, 0.05) is 29.9 Å². The Morgan fingerprint density at radius 2 is 1.29 bits per heavy atom. The molecule has 3 rings (SSSR count). The van der Waals surface area contributed by atoms with Gasteiger partial charge in [0.05, 0.1) is 0 Å². The van der Waals surface area contributed by atoms with E-state index in [1.165, 1.54) is 43.9 Å². The van der Waals surface area contributed by atoms with Crippen LogP contribution < -0.4 is 5.43 Å². The van der Waals surface area contributed by atoms with Gasteiger partial charge in [0.1, 0.15) is 28.2 Å². The maximum Gasteiger partial charge on any atom is 0.200 e.